The minimum atomic E-state index is -1.16. The number of amides is 1. The van der Waals surface area contributed by atoms with Crippen LogP contribution in [0.15, 0.2) is 66.7 Å². The lowest BCUT2D eigenvalue weighted by Crippen LogP contribution is -2.40. The smallest absolute Gasteiger partial charge is 0.292 e. The molecule has 3 aromatic rings. The summed E-state index contributed by atoms with van der Waals surface area (Å²) in [6, 6.07) is 18.4. The Morgan fingerprint density at radius 1 is 0.906 bits per heavy atom. The monoisotopic (exact) mass is 431 g/mol. The van der Waals surface area contributed by atoms with E-state index in [4.69, 9.17) is 4.74 Å². The van der Waals surface area contributed by atoms with Crippen LogP contribution < -0.4 is 10.1 Å². The molecule has 1 aliphatic rings. The number of Topliss-reactive ketones (excluding diaryl/α,β-unsaturated/α-hetero) is 2. The number of ether oxygens (including phenoxy) is 1. The van der Waals surface area contributed by atoms with E-state index in [2.05, 4.69) is 5.32 Å². The molecule has 32 heavy (non-hydrogen) atoms. The molecule has 0 saturated carbocycles. The molecule has 3 aromatic carbocycles. The summed E-state index contributed by atoms with van der Waals surface area (Å²) in [5.74, 6) is -3.17. The number of hydrogen-bond donors (Lipinski definition) is 3. The number of phenolic OH excluding ortho intramolecular Hbond substituents is 2. The highest BCUT2D eigenvalue weighted by molar-refractivity contribution is 6.45. The lowest BCUT2D eigenvalue weighted by molar-refractivity contribution is -0.137. The van der Waals surface area contributed by atoms with Crippen molar-refractivity contribution in [1.29, 1.82) is 0 Å². The van der Waals surface area contributed by atoms with Gasteiger partial charge in [-0.1, -0.05) is 30.3 Å². The normalized spacial score (nSPS) is 14.9. The van der Waals surface area contributed by atoms with Crippen molar-refractivity contribution in [1.82, 2.24) is 0 Å². The maximum absolute atomic E-state index is 12.6. The third kappa shape index (κ3) is 4.46. The summed E-state index contributed by atoms with van der Waals surface area (Å²) >= 11 is 0. The average Bonchev–Trinajstić information content (AvgIpc) is 2.81. The van der Waals surface area contributed by atoms with Crippen molar-refractivity contribution in [3.05, 3.63) is 83.4 Å². The standard InChI is InChI=1S/C25H21NO6/c27-20-12-9-16(13-21(20)28)6-5-15-7-10-17(11-8-15)26-25(31)24(30)19-14-32-22-4-2-1-3-18(22)23(19)29/h1-4,7-13,19,27-28H,5-6,14H2,(H,26,31). The summed E-state index contributed by atoms with van der Waals surface area (Å²) in [7, 11) is 0. The number of carbonyl (C=O) groups is 3. The van der Waals surface area contributed by atoms with Crippen molar-refractivity contribution < 1.29 is 29.3 Å². The lowest BCUT2D eigenvalue weighted by Gasteiger charge is -2.22. The van der Waals surface area contributed by atoms with E-state index >= 15 is 0 Å². The van der Waals surface area contributed by atoms with Crippen LogP contribution >= 0.6 is 0 Å². The van der Waals surface area contributed by atoms with Gasteiger partial charge >= 0.3 is 0 Å². The maximum Gasteiger partial charge on any atom is 0.292 e. The van der Waals surface area contributed by atoms with E-state index in [0.717, 1.165) is 11.1 Å². The molecule has 0 bridgehead atoms. The van der Waals surface area contributed by atoms with E-state index in [-0.39, 0.29) is 18.1 Å². The zero-order valence-corrected chi connectivity index (χ0v) is 17.1. The number of carbonyl (C=O) groups excluding carboxylic acids is 3. The number of aryl methyl sites for hydroxylation is 2. The number of fused-ring (bicyclic) bond motifs is 1. The molecule has 0 fully saturated rings. The molecule has 1 unspecified atom stereocenters. The van der Waals surface area contributed by atoms with Gasteiger partial charge in [0.15, 0.2) is 17.3 Å². The van der Waals surface area contributed by atoms with Crippen molar-refractivity contribution in [2.75, 3.05) is 11.9 Å². The first-order valence-corrected chi connectivity index (χ1v) is 10.1. The number of rotatable bonds is 6. The van der Waals surface area contributed by atoms with Crippen molar-refractivity contribution >= 4 is 23.2 Å². The lowest BCUT2D eigenvalue weighted by atomic mass is 9.91. The molecular weight excluding hydrogens is 410 g/mol. The molecule has 7 nitrogen and oxygen atoms in total. The van der Waals surface area contributed by atoms with Gasteiger partial charge in [-0.25, -0.2) is 0 Å². The molecule has 4 rings (SSSR count). The molecule has 1 atom stereocenters. The topological polar surface area (TPSA) is 113 Å². The molecule has 1 aliphatic heterocycles. The first-order chi connectivity index (χ1) is 15.4. The van der Waals surface area contributed by atoms with Gasteiger partial charge < -0.3 is 20.3 Å². The van der Waals surface area contributed by atoms with Gasteiger partial charge in [0.1, 0.15) is 18.3 Å². The van der Waals surface area contributed by atoms with E-state index in [9.17, 15) is 24.6 Å². The van der Waals surface area contributed by atoms with Gasteiger partial charge in [-0.15, -0.1) is 0 Å². The fraction of sp³-hybridized carbons (Fsp3) is 0.160. The summed E-state index contributed by atoms with van der Waals surface area (Å²) < 4.78 is 5.47. The average molecular weight is 431 g/mol. The molecular formula is C25H21NO6. The molecule has 0 spiro atoms. The third-order valence-electron chi connectivity index (χ3n) is 5.37. The molecule has 1 amide bonds. The van der Waals surface area contributed by atoms with Crippen molar-refractivity contribution in [3.63, 3.8) is 0 Å². The van der Waals surface area contributed by atoms with E-state index in [0.29, 0.717) is 29.8 Å². The SMILES string of the molecule is O=C(Nc1ccc(CCc2ccc(O)c(O)c2)cc1)C(=O)C1COc2ccccc2C1=O. The summed E-state index contributed by atoms with van der Waals surface area (Å²) in [4.78, 5) is 37.5. The first kappa shape index (κ1) is 21.1. The molecule has 0 saturated heterocycles. The van der Waals surface area contributed by atoms with Gasteiger partial charge in [-0.3, -0.25) is 14.4 Å². The van der Waals surface area contributed by atoms with Gasteiger partial charge in [0.05, 0.1) is 5.56 Å². The molecule has 1 heterocycles. The number of benzene rings is 3. The van der Waals surface area contributed by atoms with Crippen LogP contribution in [0.5, 0.6) is 17.2 Å². The third-order valence-corrected chi connectivity index (χ3v) is 5.37. The molecule has 3 N–H and O–H groups in total. The number of hydrogen-bond acceptors (Lipinski definition) is 6. The van der Waals surface area contributed by atoms with Crippen molar-refractivity contribution in [2.45, 2.75) is 12.8 Å². The number of para-hydroxylation sites is 1. The zero-order chi connectivity index (χ0) is 22.7. The number of phenols is 2. The first-order valence-electron chi connectivity index (χ1n) is 10.1. The second-order valence-electron chi connectivity index (χ2n) is 7.56. The molecule has 0 aliphatic carbocycles. The van der Waals surface area contributed by atoms with Crippen LogP contribution in [0.2, 0.25) is 0 Å². The van der Waals surface area contributed by atoms with E-state index < -0.39 is 23.4 Å². The van der Waals surface area contributed by atoms with Gasteiger partial charge in [-0.05, 0) is 60.4 Å². The second kappa shape index (κ2) is 8.93. The Morgan fingerprint density at radius 3 is 2.34 bits per heavy atom. The highest BCUT2D eigenvalue weighted by Crippen LogP contribution is 2.28. The van der Waals surface area contributed by atoms with Crippen LogP contribution in [0.4, 0.5) is 5.69 Å². The minimum absolute atomic E-state index is 0.157. The van der Waals surface area contributed by atoms with Crippen LogP contribution in [0.1, 0.15) is 21.5 Å². The van der Waals surface area contributed by atoms with Crippen LogP contribution in [-0.2, 0) is 22.4 Å². The highest BCUT2D eigenvalue weighted by atomic mass is 16.5. The zero-order valence-electron chi connectivity index (χ0n) is 17.1. The second-order valence-corrected chi connectivity index (χ2v) is 7.56. The Kier molecular flexibility index (Phi) is 5.89. The molecule has 0 radical (unpaired) electrons. The Morgan fingerprint density at radius 2 is 1.59 bits per heavy atom. The van der Waals surface area contributed by atoms with E-state index in [1.807, 2.05) is 12.1 Å². The van der Waals surface area contributed by atoms with E-state index in [1.165, 1.54) is 12.1 Å². The predicted molar refractivity (Wildman–Crippen MR) is 117 cm³/mol. The van der Waals surface area contributed by atoms with Crippen LogP contribution in [0.3, 0.4) is 0 Å². The Bertz CT molecular complexity index is 1190. The maximum atomic E-state index is 12.6. The Hall–Kier alpha value is -4.13. The van der Waals surface area contributed by atoms with Gasteiger partial charge in [0.25, 0.3) is 5.91 Å². The number of anilines is 1. The number of ketones is 2. The molecule has 162 valence electrons. The van der Waals surface area contributed by atoms with Crippen LogP contribution in [0.25, 0.3) is 0 Å². The van der Waals surface area contributed by atoms with Gasteiger partial charge in [0.2, 0.25) is 5.78 Å². The number of aromatic hydroxyl groups is 2. The Labute approximate surface area is 184 Å². The van der Waals surface area contributed by atoms with E-state index in [1.54, 1.807) is 42.5 Å². The predicted octanol–water partition coefficient (Wildman–Crippen LogP) is 3.28. The summed E-state index contributed by atoms with van der Waals surface area (Å²) in [5.41, 5.74) is 2.62. The van der Waals surface area contributed by atoms with Gasteiger partial charge in [0, 0.05) is 5.69 Å². The molecule has 7 heteroatoms. The van der Waals surface area contributed by atoms with Crippen molar-refractivity contribution in [3.8, 4) is 17.2 Å². The van der Waals surface area contributed by atoms with Crippen LogP contribution in [-0.4, -0.2) is 34.3 Å². The summed E-state index contributed by atoms with van der Waals surface area (Å²) in [5, 5.41) is 21.5. The summed E-state index contributed by atoms with van der Waals surface area (Å²) in [6.45, 7) is -0.159. The highest BCUT2D eigenvalue weighted by Gasteiger charge is 2.37. The molecule has 0 aromatic heterocycles. The Balaban J connectivity index is 1.35. The van der Waals surface area contributed by atoms with Gasteiger partial charge in [-0.2, -0.15) is 0 Å². The fourth-order valence-corrected chi connectivity index (χ4v) is 3.55. The quantitative estimate of drug-likeness (QED) is 0.314. The number of nitrogens with one attached hydrogen (secondary N) is 1. The summed E-state index contributed by atoms with van der Waals surface area (Å²) in [6.07, 6.45) is 1.34. The largest absolute Gasteiger partial charge is 0.504 e. The fourth-order valence-electron chi connectivity index (χ4n) is 3.55. The van der Waals surface area contributed by atoms with Crippen molar-refractivity contribution in [2.24, 2.45) is 5.92 Å². The minimum Gasteiger partial charge on any atom is -0.504 e. The van der Waals surface area contributed by atoms with Crippen LogP contribution in [0, 0.1) is 5.92 Å².